The molecule has 1 aromatic rings. The number of non-ortho nitro benzene ring substituents is 1. The van der Waals surface area contributed by atoms with E-state index in [1.807, 2.05) is 12.1 Å². The van der Waals surface area contributed by atoms with E-state index in [1.165, 1.54) is 0 Å². The molecule has 0 aliphatic carbocycles. The zero-order chi connectivity index (χ0) is 19.2. The number of benzene rings is 1. The van der Waals surface area contributed by atoms with Crippen molar-refractivity contribution in [3.8, 4) is 0 Å². The number of nitrogens with one attached hydrogen (secondary N) is 2. The van der Waals surface area contributed by atoms with Crippen LogP contribution in [0.3, 0.4) is 0 Å². The van der Waals surface area contributed by atoms with Gasteiger partial charge in [0.15, 0.2) is 5.96 Å². The Bertz CT molecular complexity index is 544. The van der Waals surface area contributed by atoms with Crippen LogP contribution in [-0.2, 0) is 11.2 Å². The van der Waals surface area contributed by atoms with Gasteiger partial charge in [-0.15, -0.1) is 0 Å². The molecule has 0 spiro atoms. The summed E-state index contributed by atoms with van der Waals surface area (Å²) in [5.41, 5.74) is 1.26. The summed E-state index contributed by atoms with van der Waals surface area (Å²) in [6.07, 6.45) is 3.90. The first-order chi connectivity index (χ1) is 12.5. The Morgan fingerprint density at radius 2 is 1.81 bits per heavy atom. The molecule has 7 nitrogen and oxygen atoms in total. The fourth-order valence-electron chi connectivity index (χ4n) is 2.37. The van der Waals surface area contributed by atoms with Crippen LogP contribution in [0.25, 0.3) is 0 Å². The highest BCUT2D eigenvalue weighted by Crippen LogP contribution is 2.13. The van der Waals surface area contributed by atoms with Gasteiger partial charge in [0.25, 0.3) is 5.69 Å². The summed E-state index contributed by atoms with van der Waals surface area (Å²) < 4.78 is 5.55. The largest absolute Gasteiger partial charge is 0.381 e. The quantitative estimate of drug-likeness (QED) is 0.196. The SMILES string of the molecule is CN=C(NCCCCc1ccc([N+](=O)[O-])cc1)NCCCOCC(C)C. The van der Waals surface area contributed by atoms with Crippen LogP contribution in [0.5, 0.6) is 0 Å². The van der Waals surface area contributed by atoms with Crippen LogP contribution < -0.4 is 10.6 Å². The highest BCUT2D eigenvalue weighted by Gasteiger charge is 2.03. The number of hydrogen-bond donors (Lipinski definition) is 2. The number of aliphatic imine (C=N–C) groups is 1. The number of aryl methyl sites for hydroxylation is 1. The summed E-state index contributed by atoms with van der Waals surface area (Å²) in [6.45, 7) is 7.54. The van der Waals surface area contributed by atoms with Gasteiger partial charge in [-0.05, 0) is 37.2 Å². The normalized spacial score (nSPS) is 11.6. The lowest BCUT2D eigenvalue weighted by Gasteiger charge is -2.12. The van der Waals surface area contributed by atoms with Crippen molar-refractivity contribution in [3.63, 3.8) is 0 Å². The number of nitrogens with zero attached hydrogens (tertiary/aromatic N) is 2. The van der Waals surface area contributed by atoms with E-state index in [2.05, 4.69) is 29.5 Å². The van der Waals surface area contributed by atoms with Crippen LogP contribution in [0, 0.1) is 16.0 Å². The molecule has 7 heteroatoms. The molecule has 0 aliphatic heterocycles. The van der Waals surface area contributed by atoms with Crippen molar-refractivity contribution < 1.29 is 9.66 Å². The van der Waals surface area contributed by atoms with Crippen molar-refractivity contribution in [2.75, 3.05) is 33.4 Å². The van der Waals surface area contributed by atoms with E-state index in [1.54, 1.807) is 19.2 Å². The molecule has 0 amide bonds. The van der Waals surface area contributed by atoms with Gasteiger partial charge in [-0.2, -0.15) is 0 Å². The molecule has 1 rings (SSSR count). The predicted molar refractivity (Wildman–Crippen MR) is 106 cm³/mol. The fourth-order valence-corrected chi connectivity index (χ4v) is 2.37. The average Bonchev–Trinajstić information content (AvgIpc) is 2.62. The van der Waals surface area contributed by atoms with Gasteiger partial charge in [-0.25, -0.2) is 0 Å². The lowest BCUT2D eigenvalue weighted by molar-refractivity contribution is -0.384. The first-order valence-electron chi connectivity index (χ1n) is 9.28. The van der Waals surface area contributed by atoms with Gasteiger partial charge in [0.2, 0.25) is 0 Å². The van der Waals surface area contributed by atoms with Gasteiger partial charge in [0.1, 0.15) is 0 Å². The molecule has 26 heavy (non-hydrogen) atoms. The van der Waals surface area contributed by atoms with Crippen molar-refractivity contribution >= 4 is 11.6 Å². The minimum absolute atomic E-state index is 0.139. The molecule has 1 aromatic carbocycles. The predicted octanol–water partition coefficient (Wildman–Crippen LogP) is 3.15. The third-order valence-corrected chi connectivity index (χ3v) is 3.76. The Balaban J connectivity index is 2.08. The molecule has 0 saturated heterocycles. The minimum Gasteiger partial charge on any atom is -0.381 e. The number of ether oxygens (including phenoxy) is 1. The van der Waals surface area contributed by atoms with Crippen LogP contribution in [0.15, 0.2) is 29.3 Å². The number of hydrogen-bond acceptors (Lipinski definition) is 4. The molecule has 2 N–H and O–H groups in total. The van der Waals surface area contributed by atoms with Crippen LogP contribution >= 0.6 is 0 Å². The molecular formula is C19H32N4O3. The topological polar surface area (TPSA) is 88.8 Å². The van der Waals surface area contributed by atoms with Crippen molar-refractivity contribution in [3.05, 3.63) is 39.9 Å². The van der Waals surface area contributed by atoms with Crippen LogP contribution in [0.1, 0.15) is 38.7 Å². The van der Waals surface area contributed by atoms with Crippen molar-refractivity contribution in [2.45, 2.75) is 39.5 Å². The van der Waals surface area contributed by atoms with Gasteiger partial charge >= 0.3 is 0 Å². The summed E-state index contributed by atoms with van der Waals surface area (Å²) in [6, 6.07) is 6.77. The highest BCUT2D eigenvalue weighted by atomic mass is 16.6. The van der Waals surface area contributed by atoms with Crippen molar-refractivity contribution in [1.29, 1.82) is 0 Å². The molecule has 0 aliphatic rings. The number of rotatable bonds is 12. The van der Waals surface area contributed by atoms with E-state index < -0.39 is 0 Å². The summed E-state index contributed by atoms with van der Waals surface area (Å²) in [5.74, 6) is 1.38. The number of nitro groups is 1. The van der Waals surface area contributed by atoms with Crippen molar-refractivity contribution in [2.24, 2.45) is 10.9 Å². The van der Waals surface area contributed by atoms with E-state index in [-0.39, 0.29) is 10.6 Å². The average molecular weight is 364 g/mol. The Morgan fingerprint density at radius 1 is 1.15 bits per heavy atom. The lowest BCUT2D eigenvalue weighted by Crippen LogP contribution is -2.38. The molecule has 0 fully saturated rings. The van der Waals surface area contributed by atoms with Crippen LogP contribution in [0.2, 0.25) is 0 Å². The molecule has 0 heterocycles. The van der Waals surface area contributed by atoms with Gasteiger partial charge in [-0.1, -0.05) is 26.0 Å². The highest BCUT2D eigenvalue weighted by molar-refractivity contribution is 5.79. The van der Waals surface area contributed by atoms with E-state index >= 15 is 0 Å². The summed E-state index contributed by atoms with van der Waals surface area (Å²) >= 11 is 0. The van der Waals surface area contributed by atoms with E-state index in [0.29, 0.717) is 5.92 Å². The summed E-state index contributed by atoms with van der Waals surface area (Å²) in [7, 11) is 1.77. The van der Waals surface area contributed by atoms with Gasteiger partial charge in [-0.3, -0.25) is 15.1 Å². The molecule has 0 bridgehead atoms. The molecule has 0 unspecified atom stereocenters. The van der Waals surface area contributed by atoms with Crippen LogP contribution in [0.4, 0.5) is 5.69 Å². The zero-order valence-corrected chi connectivity index (χ0v) is 16.2. The molecule has 0 aromatic heterocycles. The number of nitro benzene ring substituents is 1. The maximum absolute atomic E-state index is 10.6. The summed E-state index contributed by atoms with van der Waals surface area (Å²) in [5, 5.41) is 17.2. The second kappa shape index (κ2) is 13.1. The fraction of sp³-hybridized carbons (Fsp3) is 0.632. The first kappa shape index (κ1) is 21.9. The van der Waals surface area contributed by atoms with E-state index in [4.69, 9.17) is 4.74 Å². The maximum atomic E-state index is 10.6. The first-order valence-corrected chi connectivity index (χ1v) is 9.28. The Morgan fingerprint density at radius 3 is 2.38 bits per heavy atom. The monoisotopic (exact) mass is 364 g/mol. The summed E-state index contributed by atoms with van der Waals surface area (Å²) in [4.78, 5) is 14.5. The molecule has 0 atom stereocenters. The van der Waals surface area contributed by atoms with E-state index in [9.17, 15) is 10.1 Å². The second-order valence-corrected chi connectivity index (χ2v) is 6.63. The smallest absolute Gasteiger partial charge is 0.269 e. The maximum Gasteiger partial charge on any atom is 0.269 e. The zero-order valence-electron chi connectivity index (χ0n) is 16.2. The van der Waals surface area contributed by atoms with Gasteiger partial charge in [0, 0.05) is 45.5 Å². The Labute approximate surface area is 156 Å². The standard InChI is InChI=1S/C19H32N4O3/c1-16(2)15-26-14-6-13-22-19(20-3)21-12-5-4-7-17-8-10-18(11-9-17)23(24)25/h8-11,16H,4-7,12-15H2,1-3H3,(H2,20,21,22). The number of unbranched alkanes of at least 4 members (excludes halogenated alkanes) is 1. The molecule has 0 radical (unpaired) electrons. The van der Waals surface area contributed by atoms with Gasteiger partial charge in [0.05, 0.1) is 4.92 Å². The lowest BCUT2D eigenvalue weighted by atomic mass is 10.1. The molecule has 0 saturated carbocycles. The Kier molecular flexibility index (Phi) is 11.0. The van der Waals surface area contributed by atoms with Crippen molar-refractivity contribution in [1.82, 2.24) is 10.6 Å². The molecule has 146 valence electrons. The van der Waals surface area contributed by atoms with Crippen LogP contribution in [-0.4, -0.2) is 44.2 Å². The molecular weight excluding hydrogens is 332 g/mol. The second-order valence-electron chi connectivity index (χ2n) is 6.63. The van der Waals surface area contributed by atoms with E-state index in [0.717, 1.165) is 63.5 Å². The van der Waals surface area contributed by atoms with Gasteiger partial charge < -0.3 is 15.4 Å². The number of guanidine groups is 1. The minimum atomic E-state index is -0.372. The third kappa shape index (κ3) is 9.98. The Hall–Kier alpha value is -2.15. The third-order valence-electron chi connectivity index (χ3n) is 3.76.